The number of carbonyl (C=O) groups excluding carboxylic acids is 2. The fourth-order valence-corrected chi connectivity index (χ4v) is 5.71. The Morgan fingerprint density at radius 2 is 2.00 bits per heavy atom. The summed E-state index contributed by atoms with van der Waals surface area (Å²) in [5.74, 6) is 4.96. The second-order valence-electron chi connectivity index (χ2n) is 7.09. The third-order valence-corrected chi connectivity index (χ3v) is 7.80. The van der Waals surface area contributed by atoms with E-state index < -0.39 is 21.7 Å². The molecule has 2 heterocycles. The smallest absolute Gasteiger partial charge is 0.257 e. The number of sulfone groups is 1. The van der Waals surface area contributed by atoms with E-state index >= 15 is 0 Å². The highest BCUT2D eigenvalue weighted by atomic mass is 32.2. The lowest BCUT2D eigenvalue weighted by Gasteiger charge is -2.19. The molecule has 0 fully saturated rings. The van der Waals surface area contributed by atoms with Crippen LogP contribution in [0.1, 0.15) is 26.3 Å². The summed E-state index contributed by atoms with van der Waals surface area (Å²) in [4.78, 5) is 29.6. The minimum absolute atomic E-state index is 0.00195. The number of benzene rings is 2. The average Bonchev–Trinajstić information content (AvgIpc) is 3.32. The summed E-state index contributed by atoms with van der Waals surface area (Å²) in [6.07, 6.45) is 2.85. The number of nitrogens with one attached hydrogen (secondary N) is 2. The Kier molecular flexibility index (Phi) is 5.89. The van der Waals surface area contributed by atoms with Gasteiger partial charge >= 0.3 is 0 Å². The summed E-state index contributed by atoms with van der Waals surface area (Å²) >= 11 is 1.30. The number of anilines is 2. The molecule has 0 atom stereocenters. The fourth-order valence-electron chi connectivity index (χ4n) is 3.45. The van der Waals surface area contributed by atoms with Crippen LogP contribution < -0.4 is 27.2 Å². The number of hydrazine groups is 1. The number of hydrogen-bond donors (Lipinski definition) is 4. The van der Waals surface area contributed by atoms with Gasteiger partial charge in [-0.25, -0.2) is 19.2 Å². The number of rotatable bonds is 5. The van der Waals surface area contributed by atoms with Crippen molar-refractivity contribution >= 4 is 43.8 Å². The molecule has 10 nitrogen and oxygen atoms in total. The molecule has 1 aromatic heterocycles. The van der Waals surface area contributed by atoms with Crippen LogP contribution >= 0.6 is 11.3 Å². The summed E-state index contributed by atoms with van der Waals surface area (Å²) in [7, 11) is -3.97. The number of carbonyl (C=O) groups is 2. The minimum atomic E-state index is -3.97. The summed E-state index contributed by atoms with van der Waals surface area (Å²) in [5.41, 5.74) is 6.69. The van der Waals surface area contributed by atoms with Crippen molar-refractivity contribution < 1.29 is 18.0 Å². The van der Waals surface area contributed by atoms with Crippen molar-refractivity contribution in [3.63, 3.8) is 0 Å². The molecular formula is C21H20N6O4S2. The minimum Gasteiger partial charge on any atom is -0.403 e. The molecule has 3 aromatic rings. The van der Waals surface area contributed by atoms with E-state index in [0.29, 0.717) is 16.4 Å². The topological polar surface area (TPSA) is 161 Å². The molecule has 0 bridgehead atoms. The zero-order valence-corrected chi connectivity index (χ0v) is 19.0. The van der Waals surface area contributed by atoms with E-state index in [2.05, 4.69) is 15.6 Å². The number of fused-ring (bicyclic) bond motifs is 2. The van der Waals surface area contributed by atoms with E-state index in [1.807, 2.05) is 0 Å². The highest BCUT2D eigenvalue weighted by Crippen LogP contribution is 2.36. The third kappa shape index (κ3) is 3.95. The van der Waals surface area contributed by atoms with Crippen molar-refractivity contribution in [2.75, 3.05) is 16.9 Å². The molecule has 1 aliphatic heterocycles. The predicted octanol–water partition coefficient (Wildman–Crippen LogP) is 1.76. The molecular weight excluding hydrogens is 464 g/mol. The van der Waals surface area contributed by atoms with E-state index in [4.69, 9.17) is 11.6 Å². The maximum absolute atomic E-state index is 13.2. The van der Waals surface area contributed by atoms with Crippen molar-refractivity contribution in [2.45, 2.75) is 16.7 Å². The summed E-state index contributed by atoms with van der Waals surface area (Å²) < 4.78 is 26.4. The molecule has 2 aromatic carbocycles. The third-order valence-electron chi connectivity index (χ3n) is 5.18. The molecule has 0 saturated heterocycles. The van der Waals surface area contributed by atoms with Crippen molar-refractivity contribution in [3.8, 4) is 0 Å². The van der Waals surface area contributed by atoms with Crippen LogP contribution in [0.3, 0.4) is 0 Å². The molecule has 0 radical (unpaired) electrons. The fraction of sp³-hybridized carbons (Fsp3) is 0.0952. The molecule has 1 aliphatic rings. The van der Waals surface area contributed by atoms with Gasteiger partial charge in [-0.3, -0.25) is 14.6 Å². The Balaban J connectivity index is 1.63. The standard InChI is InChI=1S/C21H20N6O4S2/c1-12-14(19(28)25-11-13(10-22)27(23)21-24-8-9-32-21)6-7-17-18(12)26-20(29)15-4-2-3-5-16(15)33(17,30)31/h2-10H,11,22-23H2,1H3,(H,25,28)(H,26,29)/b13-10-. The number of hydrogen-bond acceptors (Lipinski definition) is 9. The Labute approximate surface area is 193 Å². The van der Waals surface area contributed by atoms with E-state index in [1.54, 1.807) is 30.6 Å². The number of aromatic nitrogens is 1. The maximum atomic E-state index is 13.2. The first-order valence-corrected chi connectivity index (χ1v) is 12.0. The van der Waals surface area contributed by atoms with Crippen LogP contribution in [-0.4, -0.2) is 31.8 Å². The lowest BCUT2D eigenvalue weighted by Crippen LogP contribution is -2.38. The Bertz CT molecular complexity index is 1380. The van der Waals surface area contributed by atoms with E-state index in [9.17, 15) is 18.0 Å². The van der Waals surface area contributed by atoms with Gasteiger partial charge in [0.25, 0.3) is 11.8 Å². The molecule has 4 rings (SSSR count). The quantitative estimate of drug-likeness (QED) is 0.315. The zero-order valence-electron chi connectivity index (χ0n) is 17.4. The van der Waals surface area contributed by atoms with Crippen molar-refractivity contribution in [1.29, 1.82) is 0 Å². The monoisotopic (exact) mass is 484 g/mol. The van der Waals surface area contributed by atoms with Crippen molar-refractivity contribution in [2.24, 2.45) is 11.6 Å². The molecule has 0 spiro atoms. The lowest BCUT2D eigenvalue weighted by molar-refractivity contribution is 0.0954. The largest absolute Gasteiger partial charge is 0.403 e. The van der Waals surface area contributed by atoms with Crippen molar-refractivity contribution in [3.05, 3.63) is 76.6 Å². The second-order valence-corrected chi connectivity index (χ2v) is 9.85. The van der Waals surface area contributed by atoms with Crippen LogP contribution in [0, 0.1) is 6.92 Å². The molecule has 0 aliphatic carbocycles. The Hall–Kier alpha value is -3.74. The second kappa shape index (κ2) is 8.65. The maximum Gasteiger partial charge on any atom is 0.257 e. The Morgan fingerprint density at radius 3 is 2.70 bits per heavy atom. The van der Waals surface area contributed by atoms with Gasteiger partial charge in [0.05, 0.1) is 33.3 Å². The van der Waals surface area contributed by atoms with Gasteiger partial charge < -0.3 is 16.4 Å². The van der Waals surface area contributed by atoms with Crippen LogP contribution in [-0.2, 0) is 9.84 Å². The van der Waals surface area contributed by atoms with Gasteiger partial charge in [-0.15, -0.1) is 11.3 Å². The molecule has 170 valence electrons. The van der Waals surface area contributed by atoms with Gasteiger partial charge in [-0.2, -0.15) is 0 Å². The summed E-state index contributed by atoms with van der Waals surface area (Å²) in [5, 5.41) is 8.87. The average molecular weight is 485 g/mol. The normalized spacial score (nSPS) is 14.5. The lowest BCUT2D eigenvalue weighted by atomic mass is 10.1. The van der Waals surface area contributed by atoms with Crippen LogP contribution in [0.15, 0.2) is 69.7 Å². The van der Waals surface area contributed by atoms with Gasteiger partial charge in [0.2, 0.25) is 15.0 Å². The molecule has 33 heavy (non-hydrogen) atoms. The molecule has 12 heteroatoms. The number of nitrogens with zero attached hydrogens (tertiary/aromatic N) is 2. The molecule has 0 saturated carbocycles. The summed E-state index contributed by atoms with van der Waals surface area (Å²) in [6, 6.07) is 8.70. The van der Waals surface area contributed by atoms with Crippen LogP contribution in [0.4, 0.5) is 10.8 Å². The SMILES string of the molecule is Cc1c(C(=O)NC/C(=C/N)N(N)c2nccs2)ccc2c1NC(=O)c1ccccc1S2(=O)=O. The first-order valence-electron chi connectivity index (χ1n) is 9.68. The van der Waals surface area contributed by atoms with E-state index in [0.717, 1.165) is 0 Å². The predicted molar refractivity (Wildman–Crippen MR) is 124 cm³/mol. The van der Waals surface area contributed by atoms with Gasteiger partial charge in [0.15, 0.2) is 0 Å². The number of thiazole rings is 1. The van der Waals surface area contributed by atoms with Gasteiger partial charge in [0, 0.05) is 23.3 Å². The highest BCUT2D eigenvalue weighted by molar-refractivity contribution is 7.91. The van der Waals surface area contributed by atoms with Crippen molar-refractivity contribution in [1.82, 2.24) is 10.3 Å². The van der Waals surface area contributed by atoms with Gasteiger partial charge in [-0.1, -0.05) is 12.1 Å². The number of amides is 2. The first-order chi connectivity index (χ1) is 15.8. The van der Waals surface area contributed by atoms with Gasteiger partial charge in [-0.05, 0) is 36.8 Å². The van der Waals surface area contributed by atoms with Crippen LogP contribution in [0.25, 0.3) is 0 Å². The highest BCUT2D eigenvalue weighted by Gasteiger charge is 2.33. The Morgan fingerprint density at radius 1 is 1.24 bits per heavy atom. The van der Waals surface area contributed by atoms with Crippen LogP contribution in [0.2, 0.25) is 0 Å². The zero-order chi connectivity index (χ0) is 23.8. The molecule has 0 unspecified atom stereocenters. The first kappa shape index (κ1) is 22.5. The molecule has 6 N–H and O–H groups in total. The van der Waals surface area contributed by atoms with Gasteiger partial charge in [0.1, 0.15) is 0 Å². The van der Waals surface area contributed by atoms with Crippen LogP contribution in [0.5, 0.6) is 0 Å². The van der Waals surface area contributed by atoms with E-state index in [-0.39, 0.29) is 33.2 Å². The summed E-state index contributed by atoms with van der Waals surface area (Å²) in [6.45, 7) is 1.57. The van der Waals surface area contributed by atoms with E-state index in [1.165, 1.54) is 46.8 Å². The molecule has 2 amide bonds. The number of nitrogens with two attached hydrogens (primary N) is 2.